The SMILES string of the molecule is CC/C=C\C/C=C\C/C=C\C/C=C\CCCCC(=O)O[C@@H](COC(=O)CCC/C=C\C/C=C\C/C=C\CCCCCCCC)COC(=O)CCCCCCCCCCC/C=C\C/C=C\CCCCC. The molecule has 1 atom stereocenters. The van der Waals surface area contributed by atoms with Crippen LogP contribution in [-0.4, -0.2) is 37.2 Å². The van der Waals surface area contributed by atoms with Gasteiger partial charge in [-0.15, -0.1) is 0 Å². The number of rotatable bonds is 50. The van der Waals surface area contributed by atoms with Crippen molar-refractivity contribution < 1.29 is 28.6 Å². The van der Waals surface area contributed by atoms with Gasteiger partial charge in [-0.2, -0.15) is 0 Å². The average molecular weight is 958 g/mol. The second-order valence-corrected chi connectivity index (χ2v) is 18.5. The summed E-state index contributed by atoms with van der Waals surface area (Å²) < 4.78 is 16.8. The van der Waals surface area contributed by atoms with E-state index in [0.717, 1.165) is 83.5 Å². The van der Waals surface area contributed by atoms with Gasteiger partial charge in [0.05, 0.1) is 0 Å². The van der Waals surface area contributed by atoms with Crippen LogP contribution < -0.4 is 0 Å². The maximum absolute atomic E-state index is 12.8. The van der Waals surface area contributed by atoms with Gasteiger partial charge in [0.1, 0.15) is 13.2 Å². The van der Waals surface area contributed by atoms with Crippen LogP contribution in [0.3, 0.4) is 0 Å². The summed E-state index contributed by atoms with van der Waals surface area (Å²) in [6.07, 6.45) is 76.6. The van der Waals surface area contributed by atoms with E-state index in [4.69, 9.17) is 14.2 Å². The predicted octanol–water partition coefficient (Wildman–Crippen LogP) is 19.1. The molecular weight excluding hydrogens is 853 g/mol. The number of unbranched alkanes of at least 4 members (excludes halogenated alkanes) is 21. The summed E-state index contributed by atoms with van der Waals surface area (Å²) in [7, 11) is 0. The molecule has 0 aromatic carbocycles. The van der Waals surface area contributed by atoms with Gasteiger partial charge in [0.25, 0.3) is 0 Å². The minimum Gasteiger partial charge on any atom is -0.462 e. The average Bonchev–Trinajstić information content (AvgIpc) is 3.35. The molecule has 0 aromatic rings. The smallest absolute Gasteiger partial charge is 0.306 e. The van der Waals surface area contributed by atoms with E-state index < -0.39 is 6.10 Å². The van der Waals surface area contributed by atoms with Gasteiger partial charge in [0.2, 0.25) is 0 Å². The van der Waals surface area contributed by atoms with E-state index in [2.05, 4.69) is 130 Å². The minimum atomic E-state index is -0.824. The molecule has 0 saturated heterocycles. The monoisotopic (exact) mass is 957 g/mol. The van der Waals surface area contributed by atoms with Crippen LogP contribution in [0.4, 0.5) is 0 Å². The molecule has 0 bridgehead atoms. The Morgan fingerprint density at radius 1 is 0.304 bits per heavy atom. The molecule has 0 N–H and O–H groups in total. The molecule has 6 heteroatoms. The minimum absolute atomic E-state index is 0.114. The molecule has 0 rings (SSSR count). The maximum atomic E-state index is 12.8. The molecule has 0 aliphatic carbocycles. The number of hydrogen-bond acceptors (Lipinski definition) is 6. The van der Waals surface area contributed by atoms with Crippen molar-refractivity contribution in [3.05, 3.63) is 109 Å². The van der Waals surface area contributed by atoms with Gasteiger partial charge in [-0.05, 0) is 122 Å². The molecular formula is C63H104O6. The Morgan fingerprint density at radius 2 is 0.580 bits per heavy atom. The summed E-state index contributed by atoms with van der Waals surface area (Å²) in [6, 6.07) is 0. The Labute approximate surface area is 425 Å². The molecule has 0 fully saturated rings. The van der Waals surface area contributed by atoms with Crippen LogP contribution in [0.25, 0.3) is 0 Å². The van der Waals surface area contributed by atoms with Gasteiger partial charge in [-0.25, -0.2) is 0 Å². The number of carbonyl (C=O) groups excluding carboxylic acids is 3. The second kappa shape index (κ2) is 56.7. The first-order valence-corrected chi connectivity index (χ1v) is 28.4. The van der Waals surface area contributed by atoms with Crippen LogP contribution in [0.2, 0.25) is 0 Å². The molecule has 6 nitrogen and oxygen atoms in total. The highest BCUT2D eigenvalue weighted by Gasteiger charge is 2.19. The lowest BCUT2D eigenvalue weighted by Crippen LogP contribution is -2.30. The maximum Gasteiger partial charge on any atom is 0.306 e. The van der Waals surface area contributed by atoms with Crippen LogP contribution in [0.1, 0.15) is 252 Å². The van der Waals surface area contributed by atoms with Crippen molar-refractivity contribution in [3.63, 3.8) is 0 Å². The van der Waals surface area contributed by atoms with Crippen molar-refractivity contribution in [1.82, 2.24) is 0 Å². The Kier molecular flexibility index (Phi) is 53.4. The van der Waals surface area contributed by atoms with Crippen LogP contribution in [0, 0.1) is 0 Å². The highest BCUT2D eigenvalue weighted by molar-refractivity contribution is 5.71. The molecule has 0 aliphatic rings. The first-order valence-electron chi connectivity index (χ1n) is 28.4. The summed E-state index contributed by atoms with van der Waals surface area (Å²) in [6.45, 7) is 6.41. The fraction of sp³-hybridized carbons (Fsp3) is 0.667. The Balaban J connectivity index is 4.51. The molecule has 0 unspecified atom stereocenters. The molecule has 0 aliphatic heterocycles. The van der Waals surface area contributed by atoms with Crippen LogP contribution in [-0.2, 0) is 28.6 Å². The van der Waals surface area contributed by atoms with Crippen molar-refractivity contribution >= 4 is 17.9 Å². The van der Waals surface area contributed by atoms with Crippen molar-refractivity contribution in [1.29, 1.82) is 0 Å². The highest BCUT2D eigenvalue weighted by Crippen LogP contribution is 2.14. The standard InChI is InChI=1S/C63H104O6/c1-4-7-10-13-16-19-22-25-28-30-31-33-36-38-41-44-47-50-53-56-62(65)68-59-60(69-63(66)57-54-51-48-45-42-39-34-27-24-21-18-15-12-9-6-3)58-67-61(64)55-52-49-46-43-40-37-35-32-29-26-23-20-17-14-11-8-5-2/h9,12,16,18-19,21,25-29,34-35,37,42-43,45-46,60H,4-8,10-11,13-15,17,20,22-24,30-33,36,38-41,44,47-59H2,1-3H3/b12-9-,19-16-,21-18-,28-25-,29-26-,34-27-,37-35-,45-42-,46-43-/t60-/m0/s1. The zero-order valence-corrected chi connectivity index (χ0v) is 44.8. The van der Waals surface area contributed by atoms with E-state index in [9.17, 15) is 14.4 Å². The first kappa shape index (κ1) is 65.1. The zero-order chi connectivity index (χ0) is 50.0. The Bertz CT molecular complexity index is 1420. The van der Waals surface area contributed by atoms with Crippen molar-refractivity contribution in [3.8, 4) is 0 Å². The molecule has 0 saturated carbocycles. The number of allylic oxidation sites excluding steroid dienone is 18. The third kappa shape index (κ3) is 54.9. The van der Waals surface area contributed by atoms with E-state index in [1.54, 1.807) is 0 Å². The van der Waals surface area contributed by atoms with Gasteiger partial charge >= 0.3 is 17.9 Å². The summed E-state index contributed by atoms with van der Waals surface area (Å²) in [5.74, 6) is -1.02. The largest absolute Gasteiger partial charge is 0.462 e. The van der Waals surface area contributed by atoms with E-state index >= 15 is 0 Å². The molecule has 0 radical (unpaired) electrons. The molecule has 0 heterocycles. The quantitative estimate of drug-likeness (QED) is 0.0262. The topological polar surface area (TPSA) is 78.9 Å². The number of esters is 3. The first-order chi connectivity index (χ1) is 34.0. The lowest BCUT2D eigenvalue weighted by atomic mass is 10.1. The van der Waals surface area contributed by atoms with Crippen LogP contribution in [0.5, 0.6) is 0 Å². The lowest BCUT2D eigenvalue weighted by Gasteiger charge is -2.18. The van der Waals surface area contributed by atoms with Gasteiger partial charge < -0.3 is 14.2 Å². The van der Waals surface area contributed by atoms with Crippen LogP contribution >= 0.6 is 0 Å². The number of hydrogen-bond donors (Lipinski definition) is 0. The van der Waals surface area contributed by atoms with Crippen molar-refractivity contribution in [2.75, 3.05) is 13.2 Å². The highest BCUT2D eigenvalue weighted by atomic mass is 16.6. The van der Waals surface area contributed by atoms with Gasteiger partial charge in [0.15, 0.2) is 6.10 Å². The fourth-order valence-electron chi connectivity index (χ4n) is 7.48. The van der Waals surface area contributed by atoms with Gasteiger partial charge in [0, 0.05) is 19.3 Å². The van der Waals surface area contributed by atoms with Crippen molar-refractivity contribution in [2.45, 2.75) is 258 Å². The third-order valence-corrected chi connectivity index (χ3v) is 11.7. The van der Waals surface area contributed by atoms with Crippen molar-refractivity contribution in [2.24, 2.45) is 0 Å². The number of carbonyl (C=O) groups is 3. The Morgan fingerprint density at radius 3 is 1.00 bits per heavy atom. The molecule has 392 valence electrons. The van der Waals surface area contributed by atoms with E-state index in [-0.39, 0.29) is 44.0 Å². The number of ether oxygens (including phenoxy) is 3. The van der Waals surface area contributed by atoms with Gasteiger partial charge in [-0.1, -0.05) is 220 Å². The zero-order valence-electron chi connectivity index (χ0n) is 44.8. The fourth-order valence-corrected chi connectivity index (χ4v) is 7.48. The third-order valence-electron chi connectivity index (χ3n) is 11.7. The van der Waals surface area contributed by atoms with E-state index in [0.29, 0.717) is 19.3 Å². The summed E-state index contributed by atoms with van der Waals surface area (Å²) in [5.41, 5.74) is 0. The lowest BCUT2D eigenvalue weighted by molar-refractivity contribution is -0.167. The van der Waals surface area contributed by atoms with E-state index in [1.807, 2.05) is 0 Å². The Hall–Kier alpha value is -3.93. The van der Waals surface area contributed by atoms with Gasteiger partial charge in [-0.3, -0.25) is 14.4 Å². The summed E-state index contributed by atoms with van der Waals surface area (Å²) in [4.78, 5) is 38.1. The molecule has 69 heavy (non-hydrogen) atoms. The second-order valence-electron chi connectivity index (χ2n) is 18.5. The summed E-state index contributed by atoms with van der Waals surface area (Å²) >= 11 is 0. The molecule has 0 aromatic heterocycles. The predicted molar refractivity (Wildman–Crippen MR) is 297 cm³/mol. The molecule has 0 amide bonds. The van der Waals surface area contributed by atoms with Crippen LogP contribution in [0.15, 0.2) is 109 Å². The summed E-state index contributed by atoms with van der Waals surface area (Å²) in [5, 5.41) is 0. The molecule has 0 spiro atoms. The van der Waals surface area contributed by atoms with E-state index in [1.165, 1.54) is 116 Å². The normalized spacial score (nSPS) is 12.9.